The molecule has 0 bridgehead atoms. The van der Waals surface area contributed by atoms with Crippen LogP contribution in [0.25, 0.3) is 27.8 Å². The SMILES string of the molecule is COc1cc(-c2cc3[nH]c(=O)n(CC4CCC(NC(C)C)CC4)c3cc2C(C)C)cn2ncnc12. The van der Waals surface area contributed by atoms with Gasteiger partial charge in [-0.25, -0.2) is 14.3 Å². The molecule has 3 heterocycles. The Morgan fingerprint density at radius 1 is 1.14 bits per heavy atom. The molecule has 5 rings (SSSR count). The molecular formula is C27H36N6O2. The molecule has 35 heavy (non-hydrogen) atoms. The third-order valence-corrected chi connectivity index (χ3v) is 7.30. The van der Waals surface area contributed by atoms with Gasteiger partial charge in [0, 0.05) is 30.4 Å². The molecule has 0 saturated heterocycles. The fourth-order valence-electron chi connectivity index (χ4n) is 5.56. The zero-order valence-electron chi connectivity index (χ0n) is 21.3. The first-order valence-corrected chi connectivity index (χ1v) is 12.7. The molecule has 1 aliphatic rings. The Morgan fingerprint density at radius 2 is 1.91 bits per heavy atom. The first-order chi connectivity index (χ1) is 16.8. The maximum Gasteiger partial charge on any atom is 0.326 e. The second-order valence-corrected chi connectivity index (χ2v) is 10.5. The number of benzene rings is 1. The van der Waals surface area contributed by atoms with Crippen molar-refractivity contribution in [2.75, 3.05) is 7.11 Å². The van der Waals surface area contributed by atoms with Gasteiger partial charge in [0.15, 0.2) is 11.4 Å². The molecule has 4 aromatic rings. The summed E-state index contributed by atoms with van der Waals surface area (Å²) in [6, 6.07) is 7.40. The molecule has 0 aliphatic heterocycles. The number of hydrogen-bond donors (Lipinski definition) is 2. The van der Waals surface area contributed by atoms with Gasteiger partial charge < -0.3 is 15.0 Å². The van der Waals surface area contributed by atoms with E-state index in [0.717, 1.165) is 41.5 Å². The average molecular weight is 477 g/mol. The molecule has 2 N–H and O–H groups in total. The van der Waals surface area contributed by atoms with Crippen LogP contribution in [0.2, 0.25) is 0 Å². The summed E-state index contributed by atoms with van der Waals surface area (Å²) < 4.78 is 9.27. The highest BCUT2D eigenvalue weighted by atomic mass is 16.5. The van der Waals surface area contributed by atoms with Crippen LogP contribution in [0.15, 0.2) is 35.5 Å². The average Bonchev–Trinajstić information content (AvgIpc) is 3.42. The number of pyridine rings is 1. The van der Waals surface area contributed by atoms with Crippen molar-refractivity contribution in [2.45, 2.75) is 77.9 Å². The Bertz CT molecular complexity index is 1390. The molecule has 0 spiro atoms. The standard InChI is InChI=1S/C27H36N6O2/c1-16(2)21-12-24-23(11-22(21)19-10-25(35-5)26-28-15-29-33(26)14-19)31-27(34)32(24)13-18-6-8-20(9-7-18)30-17(3)4/h10-12,14-18,20,30H,6-9,13H2,1-5H3,(H,31,34). The highest BCUT2D eigenvalue weighted by Gasteiger charge is 2.24. The summed E-state index contributed by atoms with van der Waals surface area (Å²) in [5, 5.41) is 7.98. The molecule has 0 atom stereocenters. The lowest BCUT2D eigenvalue weighted by atomic mass is 9.85. The summed E-state index contributed by atoms with van der Waals surface area (Å²) in [4.78, 5) is 20.5. The van der Waals surface area contributed by atoms with Gasteiger partial charge >= 0.3 is 5.69 Å². The normalized spacial score (nSPS) is 18.8. The Balaban J connectivity index is 1.50. The minimum absolute atomic E-state index is 0.0291. The summed E-state index contributed by atoms with van der Waals surface area (Å²) in [5.41, 5.74) is 5.74. The predicted molar refractivity (Wildman–Crippen MR) is 139 cm³/mol. The summed E-state index contributed by atoms with van der Waals surface area (Å²) in [7, 11) is 1.64. The van der Waals surface area contributed by atoms with Gasteiger partial charge in [-0.05, 0) is 66.8 Å². The van der Waals surface area contributed by atoms with Gasteiger partial charge in [0.1, 0.15) is 6.33 Å². The fourth-order valence-corrected chi connectivity index (χ4v) is 5.56. The number of ether oxygens (including phenoxy) is 1. The molecule has 1 aromatic carbocycles. The lowest BCUT2D eigenvalue weighted by molar-refractivity contribution is 0.259. The Morgan fingerprint density at radius 3 is 2.60 bits per heavy atom. The summed E-state index contributed by atoms with van der Waals surface area (Å²) in [6.45, 7) is 9.56. The number of aromatic nitrogens is 5. The monoisotopic (exact) mass is 476 g/mol. The number of methoxy groups -OCH3 is 1. The van der Waals surface area contributed by atoms with Crippen LogP contribution in [0.5, 0.6) is 5.75 Å². The summed E-state index contributed by atoms with van der Waals surface area (Å²) >= 11 is 0. The van der Waals surface area contributed by atoms with Gasteiger partial charge in [-0.15, -0.1) is 0 Å². The van der Waals surface area contributed by atoms with Gasteiger partial charge in [-0.3, -0.25) is 4.57 Å². The Kier molecular flexibility index (Phi) is 6.40. The van der Waals surface area contributed by atoms with Crippen LogP contribution in [0.1, 0.15) is 64.9 Å². The second kappa shape index (κ2) is 9.49. The highest BCUT2D eigenvalue weighted by Crippen LogP contribution is 2.35. The van der Waals surface area contributed by atoms with Crippen LogP contribution in [-0.4, -0.2) is 43.3 Å². The molecule has 3 aromatic heterocycles. The summed E-state index contributed by atoms with van der Waals surface area (Å²) in [5.74, 6) is 1.48. The Hall–Kier alpha value is -3.13. The maximum atomic E-state index is 13.0. The van der Waals surface area contributed by atoms with E-state index in [-0.39, 0.29) is 11.6 Å². The van der Waals surface area contributed by atoms with Crippen molar-refractivity contribution in [1.82, 2.24) is 29.5 Å². The van der Waals surface area contributed by atoms with Crippen molar-refractivity contribution in [1.29, 1.82) is 0 Å². The molecule has 1 aliphatic carbocycles. The zero-order chi connectivity index (χ0) is 24.7. The van der Waals surface area contributed by atoms with Crippen molar-refractivity contribution in [3.8, 4) is 16.9 Å². The first-order valence-electron chi connectivity index (χ1n) is 12.7. The van der Waals surface area contributed by atoms with Crippen molar-refractivity contribution in [2.24, 2.45) is 5.92 Å². The largest absolute Gasteiger partial charge is 0.493 e. The second-order valence-electron chi connectivity index (χ2n) is 10.5. The molecule has 0 amide bonds. The molecular weight excluding hydrogens is 440 g/mol. The summed E-state index contributed by atoms with van der Waals surface area (Å²) in [6.07, 6.45) is 8.14. The molecule has 186 valence electrons. The van der Waals surface area contributed by atoms with Crippen LogP contribution >= 0.6 is 0 Å². The third kappa shape index (κ3) is 4.59. The van der Waals surface area contributed by atoms with E-state index in [1.165, 1.54) is 24.7 Å². The molecule has 8 heteroatoms. The number of aromatic amines is 1. The van der Waals surface area contributed by atoms with Gasteiger partial charge in [0.2, 0.25) is 0 Å². The van der Waals surface area contributed by atoms with E-state index in [0.29, 0.717) is 29.4 Å². The molecule has 8 nitrogen and oxygen atoms in total. The van der Waals surface area contributed by atoms with Crippen molar-refractivity contribution in [3.63, 3.8) is 0 Å². The van der Waals surface area contributed by atoms with Gasteiger partial charge in [-0.2, -0.15) is 5.10 Å². The number of hydrogen-bond acceptors (Lipinski definition) is 5. The zero-order valence-corrected chi connectivity index (χ0v) is 21.3. The van der Waals surface area contributed by atoms with E-state index < -0.39 is 0 Å². The van der Waals surface area contributed by atoms with E-state index in [9.17, 15) is 4.79 Å². The maximum absolute atomic E-state index is 13.0. The Labute approximate surface area is 205 Å². The number of imidazole rings is 1. The molecule has 1 saturated carbocycles. The fraction of sp³-hybridized carbons (Fsp3) is 0.519. The number of H-pyrrole nitrogens is 1. The molecule has 1 fully saturated rings. The number of rotatable bonds is 7. The van der Waals surface area contributed by atoms with Crippen molar-refractivity contribution < 1.29 is 4.74 Å². The van der Waals surface area contributed by atoms with Crippen LogP contribution in [-0.2, 0) is 6.54 Å². The van der Waals surface area contributed by atoms with Gasteiger partial charge in [0.25, 0.3) is 0 Å². The van der Waals surface area contributed by atoms with E-state index in [2.05, 4.69) is 60.2 Å². The number of fused-ring (bicyclic) bond motifs is 2. The highest BCUT2D eigenvalue weighted by molar-refractivity contribution is 5.85. The van der Waals surface area contributed by atoms with Crippen LogP contribution in [0, 0.1) is 5.92 Å². The van der Waals surface area contributed by atoms with E-state index in [1.807, 2.05) is 16.8 Å². The van der Waals surface area contributed by atoms with Crippen LogP contribution < -0.4 is 15.7 Å². The molecule has 0 unspecified atom stereocenters. The lowest BCUT2D eigenvalue weighted by Crippen LogP contribution is -2.38. The van der Waals surface area contributed by atoms with Gasteiger partial charge in [0.05, 0.1) is 18.1 Å². The van der Waals surface area contributed by atoms with E-state index in [4.69, 9.17) is 4.74 Å². The first kappa shape index (κ1) is 23.6. The molecule has 0 radical (unpaired) electrons. The topological polar surface area (TPSA) is 89.2 Å². The van der Waals surface area contributed by atoms with Crippen LogP contribution in [0.3, 0.4) is 0 Å². The number of nitrogens with zero attached hydrogens (tertiary/aromatic N) is 4. The minimum atomic E-state index is -0.0291. The van der Waals surface area contributed by atoms with Crippen molar-refractivity contribution >= 4 is 16.7 Å². The number of nitrogens with one attached hydrogen (secondary N) is 2. The lowest BCUT2D eigenvalue weighted by Gasteiger charge is -2.30. The van der Waals surface area contributed by atoms with E-state index >= 15 is 0 Å². The van der Waals surface area contributed by atoms with Crippen molar-refractivity contribution in [3.05, 3.63) is 46.8 Å². The smallest absolute Gasteiger partial charge is 0.326 e. The predicted octanol–water partition coefficient (Wildman–Crippen LogP) is 4.73. The minimum Gasteiger partial charge on any atom is -0.493 e. The van der Waals surface area contributed by atoms with Gasteiger partial charge in [-0.1, -0.05) is 27.7 Å². The quantitative estimate of drug-likeness (QED) is 0.403. The van der Waals surface area contributed by atoms with Crippen LogP contribution in [0.4, 0.5) is 0 Å². The third-order valence-electron chi connectivity index (χ3n) is 7.30. The van der Waals surface area contributed by atoms with E-state index in [1.54, 1.807) is 11.6 Å².